The lowest BCUT2D eigenvalue weighted by Gasteiger charge is -2.26. The Morgan fingerprint density at radius 1 is 1.43 bits per heavy atom. The van der Waals surface area contributed by atoms with Crippen molar-refractivity contribution in [2.45, 2.75) is 18.9 Å². The van der Waals surface area contributed by atoms with Crippen LogP contribution in [-0.4, -0.2) is 19.1 Å². The first kappa shape index (κ1) is 9.81. The molecule has 14 heavy (non-hydrogen) atoms. The molecular formula is C11H15ClN2. The minimum Gasteiger partial charge on any atom is -0.366 e. The maximum atomic E-state index is 6.14. The largest absolute Gasteiger partial charge is 0.366 e. The number of benzene rings is 1. The van der Waals surface area contributed by atoms with Gasteiger partial charge in [-0.15, -0.1) is 0 Å². The van der Waals surface area contributed by atoms with Crippen LogP contribution in [0, 0.1) is 0 Å². The molecule has 0 aromatic heterocycles. The molecule has 1 aromatic rings. The van der Waals surface area contributed by atoms with Gasteiger partial charge in [0.1, 0.15) is 0 Å². The van der Waals surface area contributed by atoms with E-state index in [-0.39, 0.29) is 0 Å². The normalized spacial score (nSPS) is 21.6. The van der Waals surface area contributed by atoms with Crippen LogP contribution in [0.3, 0.4) is 0 Å². The summed E-state index contributed by atoms with van der Waals surface area (Å²) < 4.78 is 0. The Kier molecular flexibility index (Phi) is 2.94. The van der Waals surface area contributed by atoms with E-state index in [1.54, 1.807) is 0 Å². The molecule has 1 fully saturated rings. The summed E-state index contributed by atoms with van der Waals surface area (Å²) in [5.41, 5.74) is 6.85. The van der Waals surface area contributed by atoms with Gasteiger partial charge >= 0.3 is 0 Å². The summed E-state index contributed by atoms with van der Waals surface area (Å²) in [7, 11) is 0. The van der Waals surface area contributed by atoms with Gasteiger partial charge in [0, 0.05) is 19.1 Å². The molecule has 0 saturated carbocycles. The van der Waals surface area contributed by atoms with Crippen LogP contribution in [0.25, 0.3) is 0 Å². The molecule has 1 heterocycles. The number of para-hydroxylation sites is 1. The van der Waals surface area contributed by atoms with Crippen LogP contribution < -0.4 is 10.6 Å². The highest BCUT2D eigenvalue weighted by Gasteiger charge is 2.24. The van der Waals surface area contributed by atoms with Crippen LogP contribution in [0.15, 0.2) is 24.3 Å². The maximum Gasteiger partial charge on any atom is 0.0639 e. The number of halogens is 1. The number of hydrogen-bond donors (Lipinski definition) is 1. The van der Waals surface area contributed by atoms with E-state index < -0.39 is 0 Å². The van der Waals surface area contributed by atoms with Gasteiger partial charge in [-0.3, -0.25) is 0 Å². The summed E-state index contributed by atoms with van der Waals surface area (Å²) >= 11 is 6.14. The molecule has 1 aliphatic heterocycles. The SMILES string of the molecule is NC[C@H]1CCCN1c1ccccc1Cl. The molecule has 0 aliphatic carbocycles. The molecule has 2 N–H and O–H groups in total. The quantitative estimate of drug-likeness (QED) is 0.812. The Hall–Kier alpha value is -0.730. The molecule has 1 atom stereocenters. The second-order valence-electron chi connectivity index (χ2n) is 3.68. The minimum atomic E-state index is 0.467. The number of nitrogens with two attached hydrogens (primary N) is 1. The third kappa shape index (κ3) is 1.72. The molecule has 0 spiro atoms. The van der Waals surface area contributed by atoms with Crippen molar-refractivity contribution in [3.63, 3.8) is 0 Å². The van der Waals surface area contributed by atoms with Crippen molar-refractivity contribution in [1.29, 1.82) is 0 Å². The summed E-state index contributed by atoms with van der Waals surface area (Å²) in [4.78, 5) is 2.32. The van der Waals surface area contributed by atoms with Crippen LogP contribution >= 0.6 is 11.6 Å². The molecule has 0 unspecified atom stereocenters. The Balaban J connectivity index is 2.26. The summed E-state index contributed by atoms with van der Waals surface area (Å²) in [6, 6.07) is 8.45. The van der Waals surface area contributed by atoms with Crippen LogP contribution in [0.1, 0.15) is 12.8 Å². The zero-order valence-corrected chi connectivity index (χ0v) is 8.87. The van der Waals surface area contributed by atoms with Gasteiger partial charge in [-0.2, -0.15) is 0 Å². The predicted octanol–water partition coefficient (Wildman–Crippen LogP) is 2.27. The fraction of sp³-hybridized carbons (Fsp3) is 0.455. The van der Waals surface area contributed by atoms with E-state index in [9.17, 15) is 0 Å². The smallest absolute Gasteiger partial charge is 0.0639 e. The van der Waals surface area contributed by atoms with Gasteiger partial charge < -0.3 is 10.6 Å². The highest BCUT2D eigenvalue weighted by atomic mass is 35.5. The van der Waals surface area contributed by atoms with Crippen molar-refractivity contribution in [1.82, 2.24) is 0 Å². The topological polar surface area (TPSA) is 29.3 Å². The van der Waals surface area contributed by atoms with Gasteiger partial charge in [0.05, 0.1) is 10.7 Å². The van der Waals surface area contributed by atoms with E-state index in [2.05, 4.69) is 11.0 Å². The van der Waals surface area contributed by atoms with E-state index in [4.69, 9.17) is 17.3 Å². The van der Waals surface area contributed by atoms with Crippen LogP contribution in [0.4, 0.5) is 5.69 Å². The Morgan fingerprint density at radius 3 is 2.93 bits per heavy atom. The number of anilines is 1. The summed E-state index contributed by atoms with van der Waals surface area (Å²) in [6.07, 6.45) is 2.40. The fourth-order valence-corrected chi connectivity index (χ4v) is 2.33. The van der Waals surface area contributed by atoms with Crippen LogP contribution in [-0.2, 0) is 0 Å². The highest BCUT2D eigenvalue weighted by Crippen LogP contribution is 2.30. The van der Waals surface area contributed by atoms with E-state index in [0.717, 1.165) is 17.3 Å². The number of rotatable bonds is 2. The summed E-state index contributed by atoms with van der Waals surface area (Å²) in [5, 5.41) is 0.827. The van der Waals surface area contributed by atoms with Gasteiger partial charge in [0.2, 0.25) is 0 Å². The Morgan fingerprint density at radius 2 is 2.21 bits per heavy atom. The Bertz CT molecular complexity index is 314. The van der Waals surface area contributed by atoms with Crippen LogP contribution in [0.5, 0.6) is 0 Å². The lowest BCUT2D eigenvalue weighted by Crippen LogP contribution is -2.35. The third-order valence-corrected chi connectivity index (χ3v) is 3.13. The first-order valence-electron chi connectivity index (χ1n) is 5.04. The molecule has 1 saturated heterocycles. The molecule has 3 heteroatoms. The van der Waals surface area contributed by atoms with E-state index in [1.165, 1.54) is 12.8 Å². The summed E-state index contributed by atoms with van der Waals surface area (Å²) in [6.45, 7) is 1.79. The van der Waals surface area contributed by atoms with Crippen LogP contribution in [0.2, 0.25) is 5.02 Å². The predicted molar refractivity (Wildman–Crippen MR) is 60.9 cm³/mol. The van der Waals surface area contributed by atoms with Gasteiger partial charge in [-0.25, -0.2) is 0 Å². The molecule has 2 rings (SSSR count). The molecule has 1 aromatic carbocycles. The molecular weight excluding hydrogens is 196 g/mol. The van der Waals surface area contributed by atoms with Gasteiger partial charge in [-0.1, -0.05) is 23.7 Å². The van der Waals surface area contributed by atoms with Crippen molar-refractivity contribution in [2.24, 2.45) is 5.73 Å². The fourth-order valence-electron chi connectivity index (χ4n) is 2.08. The van der Waals surface area contributed by atoms with Gasteiger partial charge in [-0.05, 0) is 25.0 Å². The second-order valence-corrected chi connectivity index (χ2v) is 4.08. The average Bonchev–Trinajstić information content (AvgIpc) is 2.66. The standard InChI is InChI=1S/C11H15ClN2/c12-10-5-1-2-6-11(10)14-7-3-4-9(14)8-13/h1-2,5-6,9H,3-4,7-8,13H2/t9-/m1/s1. The molecule has 1 aliphatic rings. The van der Waals surface area contributed by atoms with Crippen molar-refractivity contribution >= 4 is 17.3 Å². The monoisotopic (exact) mass is 210 g/mol. The first-order chi connectivity index (χ1) is 6.83. The second kappa shape index (κ2) is 4.20. The first-order valence-corrected chi connectivity index (χ1v) is 5.42. The molecule has 0 amide bonds. The van der Waals surface area contributed by atoms with Crippen molar-refractivity contribution in [2.75, 3.05) is 18.0 Å². The number of hydrogen-bond acceptors (Lipinski definition) is 2. The highest BCUT2D eigenvalue weighted by molar-refractivity contribution is 6.33. The lowest BCUT2D eigenvalue weighted by atomic mass is 10.2. The lowest BCUT2D eigenvalue weighted by molar-refractivity contribution is 0.677. The van der Waals surface area contributed by atoms with E-state index in [1.807, 2.05) is 18.2 Å². The molecule has 76 valence electrons. The van der Waals surface area contributed by atoms with Gasteiger partial charge in [0.15, 0.2) is 0 Å². The molecule has 0 bridgehead atoms. The summed E-state index contributed by atoms with van der Waals surface area (Å²) in [5.74, 6) is 0. The van der Waals surface area contributed by atoms with E-state index >= 15 is 0 Å². The van der Waals surface area contributed by atoms with Crippen molar-refractivity contribution < 1.29 is 0 Å². The van der Waals surface area contributed by atoms with Crippen molar-refractivity contribution in [3.05, 3.63) is 29.3 Å². The molecule has 0 radical (unpaired) electrons. The van der Waals surface area contributed by atoms with Crippen molar-refractivity contribution in [3.8, 4) is 0 Å². The van der Waals surface area contributed by atoms with E-state index in [0.29, 0.717) is 12.6 Å². The zero-order chi connectivity index (χ0) is 9.97. The zero-order valence-electron chi connectivity index (χ0n) is 8.12. The third-order valence-electron chi connectivity index (χ3n) is 2.81. The minimum absolute atomic E-state index is 0.467. The maximum absolute atomic E-state index is 6.14. The number of nitrogens with zero attached hydrogens (tertiary/aromatic N) is 1. The average molecular weight is 211 g/mol. The molecule has 2 nitrogen and oxygen atoms in total. The van der Waals surface area contributed by atoms with Gasteiger partial charge in [0.25, 0.3) is 0 Å². The Labute approximate surface area is 89.7 Å².